The summed E-state index contributed by atoms with van der Waals surface area (Å²) >= 11 is 5.90. The van der Waals surface area contributed by atoms with Crippen LogP contribution in [0.4, 0.5) is 0 Å². The summed E-state index contributed by atoms with van der Waals surface area (Å²) in [5.74, 6) is -3.55. The number of thiocarbonyl (C=S) groups is 1. The number of nitrogens with one attached hydrogen (secondary N) is 1. The van der Waals surface area contributed by atoms with Gasteiger partial charge in [0.2, 0.25) is 17.7 Å². The number of ketones is 1. The minimum absolute atomic E-state index is 0.00147. The molecule has 2 aliphatic rings. The van der Waals surface area contributed by atoms with Crippen LogP contribution >= 0.6 is 12.2 Å². The largest absolute Gasteiger partial charge is 0.467 e. The van der Waals surface area contributed by atoms with E-state index in [0.717, 1.165) is 16.9 Å². The molecule has 0 aliphatic carbocycles. The molecule has 22 heteroatoms. The highest BCUT2D eigenvalue weighted by Gasteiger charge is 2.43. The van der Waals surface area contributed by atoms with E-state index in [4.69, 9.17) is 54.8 Å². The number of likely N-dealkylation sites (tertiary alicyclic amines) is 1. The molecule has 0 radical (unpaired) electrons. The molecular formula is C60H97N5O16S. The first-order valence-electron chi connectivity index (χ1n) is 29.1. The molecule has 1 aromatic rings. The van der Waals surface area contributed by atoms with Gasteiger partial charge in [-0.3, -0.25) is 33.7 Å². The van der Waals surface area contributed by atoms with Crippen molar-refractivity contribution < 1.29 is 76.2 Å². The molecule has 0 aromatic heterocycles. The van der Waals surface area contributed by atoms with Crippen LogP contribution in [0.25, 0.3) is 0 Å². The molecule has 3 rings (SSSR count). The van der Waals surface area contributed by atoms with Crippen LogP contribution < -0.4 is 5.32 Å². The van der Waals surface area contributed by atoms with Crippen molar-refractivity contribution in [1.29, 1.82) is 0 Å². The van der Waals surface area contributed by atoms with Crippen molar-refractivity contribution in [2.75, 3.05) is 128 Å². The van der Waals surface area contributed by atoms with Gasteiger partial charge in [0, 0.05) is 71.7 Å². The first kappa shape index (κ1) is 71.5. The molecule has 1 saturated heterocycles. The number of hydrogen-bond acceptors (Lipinski definition) is 17. The van der Waals surface area contributed by atoms with Crippen LogP contribution in [0, 0.1) is 29.6 Å². The molecule has 1 aromatic carbocycles. The number of carbonyl (C=O) groups is 7. The van der Waals surface area contributed by atoms with E-state index in [0.29, 0.717) is 90.3 Å². The Morgan fingerprint density at radius 2 is 1.24 bits per heavy atom. The molecule has 2 aliphatic heterocycles. The van der Waals surface area contributed by atoms with Gasteiger partial charge < -0.3 is 62.6 Å². The van der Waals surface area contributed by atoms with Gasteiger partial charge in [-0.05, 0) is 36.2 Å². The number of carbonyl (C=O) groups excluding carboxylic acids is 7. The maximum atomic E-state index is 14.8. The highest BCUT2D eigenvalue weighted by molar-refractivity contribution is 7.80. The van der Waals surface area contributed by atoms with Crippen molar-refractivity contribution in [1.82, 2.24) is 24.9 Å². The molecule has 2 heterocycles. The molecule has 0 spiro atoms. The van der Waals surface area contributed by atoms with Gasteiger partial charge in [-0.15, -0.1) is 0 Å². The summed E-state index contributed by atoms with van der Waals surface area (Å²) < 4.78 is 50.5. The number of hydrogen-bond donors (Lipinski definition) is 1. The maximum Gasteiger partial charge on any atom is 0.328 e. The average molecular weight is 1180 g/mol. The van der Waals surface area contributed by atoms with Crippen LogP contribution in [0.5, 0.6) is 0 Å². The second-order valence-electron chi connectivity index (χ2n) is 21.7. The third-order valence-electron chi connectivity index (χ3n) is 15.3. The Morgan fingerprint density at radius 3 is 1.73 bits per heavy atom. The normalized spacial score (nSPS) is 17.4. The Kier molecular flexibility index (Phi) is 34.0. The maximum absolute atomic E-state index is 14.8. The minimum atomic E-state index is -0.770. The van der Waals surface area contributed by atoms with E-state index >= 15 is 0 Å². The number of esters is 1. The lowest BCUT2D eigenvalue weighted by Crippen LogP contribution is -2.55. The van der Waals surface area contributed by atoms with Crippen LogP contribution in [0.15, 0.2) is 42.5 Å². The first-order chi connectivity index (χ1) is 39.2. The van der Waals surface area contributed by atoms with Gasteiger partial charge in [-0.1, -0.05) is 97.4 Å². The highest BCUT2D eigenvalue weighted by Crippen LogP contribution is 2.31. The van der Waals surface area contributed by atoms with Gasteiger partial charge in [-0.2, -0.15) is 0 Å². The number of benzene rings is 1. The van der Waals surface area contributed by atoms with E-state index in [1.54, 1.807) is 33.2 Å². The van der Waals surface area contributed by atoms with Crippen molar-refractivity contribution >= 4 is 58.5 Å². The van der Waals surface area contributed by atoms with Crippen LogP contribution in [0.3, 0.4) is 0 Å². The fraction of sp³-hybridized carbons (Fsp3) is 0.733. The quantitative estimate of drug-likeness (QED) is 0.0403. The second-order valence-corrected chi connectivity index (χ2v) is 22.1. The molecule has 1 N–H and O–H groups in total. The van der Waals surface area contributed by atoms with E-state index in [1.807, 2.05) is 83.7 Å². The fourth-order valence-corrected chi connectivity index (χ4v) is 10.8. The van der Waals surface area contributed by atoms with Crippen LogP contribution in [-0.2, 0) is 82.6 Å². The Morgan fingerprint density at radius 1 is 0.707 bits per heavy atom. The Hall–Kier alpha value is -4.78. The molecule has 464 valence electrons. The molecule has 9 atom stereocenters. The number of ether oxygens (including phenoxy) is 9. The summed E-state index contributed by atoms with van der Waals surface area (Å²) in [5.41, 5.74) is 0.946. The zero-order chi connectivity index (χ0) is 60.7. The van der Waals surface area contributed by atoms with Crippen molar-refractivity contribution in [2.24, 2.45) is 29.6 Å². The lowest BCUT2D eigenvalue weighted by molar-refractivity contribution is -0.149. The standard InChI is InChI=1S/C60H97N5O16S/c1-13-43(6)56(50(73-10)40-54(70)64-24-17-20-48(64)57(74-11)44(7)58(82)61-47(60(72)75-12)38-45-18-15-14-16-19-45)63(9)59(71)46(41(2)3)39-49(66)55(42(4)5)62(8)51(67)23-26-76-28-30-78-32-34-80-36-37-81-35-33-79-31-29-77-27-25-65-52(68)21-22-53(65)69/h14-16,18-19,21-22,41-44,46-48,50,55-57H,13,17,20,23-40H2,1-12H3,(H,61,82)/t43-,44+,46-,47-,48-,50+,55-,56-,57+/m0/s1. The van der Waals surface area contributed by atoms with Gasteiger partial charge in [-0.25, -0.2) is 4.79 Å². The molecule has 0 unspecified atom stereocenters. The summed E-state index contributed by atoms with van der Waals surface area (Å²) in [5, 5.41) is 3.23. The van der Waals surface area contributed by atoms with Crippen LogP contribution in [0.2, 0.25) is 0 Å². The number of Topliss-reactive ketones (excluding diaryl/α,β-unsaturated/α-hetero) is 1. The molecule has 21 nitrogen and oxygen atoms in total. The van der Waals surface area contributed by atoms with E-state index in [-0.39, 0.29) is 111 Å². The van der Waals surface area contributed by atoms with E-state index in [9.17, 15) is 33.6 Å². The van der Waals surface area contributed by atoms with E-state index in [2.05, 4.69) is 5.32 Å². The number of rotatable bonds is 43. The van der Waals surface area contributed by atoms with Crippen LogP contribution in [-0.4, -0.2) is 230 Å². The van der Waals surface area contributed by atoms with Gasteiger partial charge in [0.25, 0.3) is 11.8 Å². The molecule has 5 amide bonds. The summed E-state index contributed by atoms with van der Waals surface area (Å²) in [6, 6.07) is 7.30. The fourth-order valence-electron chi connectivity index (χ4n) is 10.5. The SMILES string of the molecule is CC[C@H](C)[C@@H]([C@@H](CC(=O)N1CCC[C@H]1[C@H](OC)[C@@H](C)C(=S)N[C@@H](Cc1ccccc1)C(=O)OC)OC)N(C)C(=O)[C@@H](CC(=O)[C@H](C(C)C)N(C)C(=O)CCOCCOCCOCCOCCOCCOCCN1C(=O)C=CC1=O)C(C)C. The molecule has 1 fully saturated rings. The van der Waals surface area contributed by atoms with Crippen molar-refractivity contribution in [3.05, 3.63) is 48.0 Å². The Bertz CT molecular complexity index is 2130. The van der Waals surface area contributed by atoms with Crippen molar-refractivity contribution in [2.45, 2.75) is 130 Å². The smallest absolute Gasteiger partial charge is 0.328 e. The molecular weight excluding hydrogens is 1080 g/mol. The van der Waals surface area contributed by atoms with Gasteiger partial charge in [0.05, 0.1) is 141 Å². The summed E-state index contributed by atoms with van der Waals surface area (Å²) in [7, 11) is 7.85. The third-order valence-corrected chi connectivity index (χ3v) is 15.8. The minimum Gasteiger partial charge on any atom is -0.467 e. The number of imide groups is 1. The predicted molar refractivity (Wildman–Crippen MR) is 313 cm³/mol. The highest BCUT2D eigenvalue weighted by atomic mass is 32.1. The first-order valence-corrected chi connectivity index (χ1v) is 29.5. The van der Waals surface area contributed by atoms with Gasteiger partial charge in [0.1, 0.15) is 6.04 Å². The van der Waals surface area contributed by atoms with E-state index < -0.39 is 42.2 Å². The van der Waals surface area contributed by atoms with Gasteiger partial charge in [0.15, 0.2) is 5.78 Å². The summed E-state index contributed by atoms with van der Waals surface area (Å²) in [4.78, 5) is 99.6. The average Bonchev–Trinajstić information content (AvgIpc) is 4.18. The lowest BCUT2D eigenvalue weighted by Gasteiger charge is -2.41. The predicted octanol–water partition coefficient (Wildman–Crippen LogP) is 4.74. The second kappa shape index (κ2) is 39.0. The summed E-state index contributed by atoms with van der Waals surface area (Å²) in [6.07, 6.45) is 3.82. The van der Waals surface area contributed by atoms with Crippen LogP contribution in [0.1, 0.15) is 92.6 Å². The zero-order valence-electron chi connectivity index (χ0n) is 51.0. The van der Waals surface area contributed by atoms with Gasteiger partial charge >= 0.3 is 5.97 Å². The monoisotopic (exact) mass is 1180 g/mol. The summed E-state index contributed by atoms with van der Waals surface area (Å²) in [6.45, 7) is 18.2. The Labute approximate surface area is 493 Å². The number of amides is 5. The third kappa shape index (κ3) is 23.3. The number of methoxy groups -OCH3 is 3. The van der Waals surface area contributed by atoms with Crippen molar-refractivity contribution in [3.8, 4) is 0 Å². The zero-order valence-corrected chi connectivity index (χ0v) is 51.8. The Balaban J connectivity index is 1.45. The number of likely N-dealkylation sites (N-methyl/N-ethyl adjacent to an activating group) is 2. The topological polar surface area (TPSA) is 228 Å². The molecule has 0 bridgehead atoms. The van der Waals surface area contributed by atoms with E-state index in [1.165, 1.54) is 24.2 Å². The lowest BCUT2D eigenvalue weighted by atomic mass is 9.83. The molecule has 82 heavy (non-hydrogen) atoms. The molecule has 0 saturated carbocycles. The number of nitrogens with zero attached hydrogens (tertiary/aromatic N) is 4. The van der Waals surface area contributed by atoms with Crippen molar-refractivity contribution in [3.63, 3.8) is 0 Å².